The van der Waals surface area contributed by atoms with Crippen LogP contribution < -0.4 is 15.4 Å². The highest BCUT2D eigenvalue weighted by atomic mass is 35.5. The van der Waals surface area contributed by atoms with Crippen molar-refractivity contribution in [1.82, 2.24) is 20.2 Å². The molecule has 0 saturated heterocycles. The molecule has 0 atom stereocenters. The number of hydrogen-bond donors (Lipinski definition) is 2. The first-order valence-corrected chi connectivity index (χ1v) is 9.92. The van der Waals surface area contributed by atoms with E-state index in [1.54, 1.807) is 0 Å². The molecule has 1 aliphatic rings. The summed E-state index contributed by atoms with van der Waals surface area (Å²) in [5.41, 5.74) is 2.95. The molecular weight excluding hydrogens is 388 g/mol. The van der Waals surface area contributed by atoms with Crippen LogP contribution in [0.25, 0.3) is 10.9 Å². The van der Waals surface area contributed by atoms with Crippen LogP contribution in [0.5, 0.6) is 5.75 Å². The zero-order valence-electron chi connectivity index (χ0n) is 16.4. The first-order chi connectivity index (χ1) is 14.1. The molecule has 1 aliphatic heterocycles. The quantitative estimate of drug-likeness (QED) is 0.666. The van der Waals surface area contributed by atoms with E-state index in [0.717, 1.165) is 33.9 Å². The summed E-state index contributed by atoms with van der Waals surface area (Å²) in [6.45, 7) is 6.63. The summed E-state index contributed by atoms with van der Waals surface area (Å²) in [6, 6.07) is 13.7. The minimum atomic E-state index is 0.525. The molecule has 0 saturated carbocycles. The number of benzene rings is 2. The number of nitrogens with one attached hydrogen (secondary N) is 2. The van der Waals surface area contributed by atoms with E-state index in [4.69, 9.17) is 16.3 Å². The lowest BCUT2D eigenvalue weighted by Gasteiger charge is -2.26. The molecule has 29 heavy (non-hydrogen) atoms. The molecule has 0 radical (unpaired) electrons. The summed E-state index contributed by atoms with van der Waals surface area (Å²) in [5, 5.41) is 8.19. The normalized spacial score (nSPS) is 14.4. The van der Waals surface area contributed by atoms with Gasteiger partial charge in [0.15, 0.2) is 0 Å². The van der Waals surface area contributed by atoms with Crippen molar-refractivity contribution in [3.63, 3.8) is 0 Å². The van der Waals surface area contributed by atoms with E-state index in [1.807, 2.05) is 56.3 Å². The van der Waals surface area contributed by atoms with E-state index >= 15 is 0 Å². The Hall–Kier alpha value is -2.90. The number of anilines is 1. The van der Waals surface area contributed by atoms with Gasteiger partial charge in [-0.3, -0.25) is 10.2 Å². The zero-order valence-corrected chi connectivity index (χ0v) is 17.2. The molecule has 1 aromatic heterocycles. The van der Waals surface area contributed by atoms with Gasteiger partial charge < -0.3 is 10.1 Å². The van der Waals surface area contributed by atoms with Gasteiger partial charge in [-0.05, 0) is 49.7 Å². The summed E-state index contributed by atoms with van der Waals surface area (Å²) >= 11 is 5.95. The predicted octanol–water partition coefficient (Wildman–Crippen LogP) is 3.78. The van der Waals surface area contributed by atoms with Crippen molar-refractivity contribution in [1.29, 1.82) is 0 Å². The molecule has 2 heterocycles. The van der Waals surface area contributed by atoms with Crippen LogP contribution in [0.1, 0.15) is 18.2 Å². The Morgan fingerprint density at radius 1 is 1.17 bits per heavy atom. The number of guanidine groups is 1. The SMILES string of the molecule is CCOc1ccc2nc(NC3=NCN(Cc4ccc(Cl)cc4)CN3)nc(C)c2c1. The Kier molecular flexibility index (Phi) is 5.78. The van der Waals surface area contributed by atoms with Gasteiger partial charge in [-0.25, -0.2) is 15.0 Å². The van der Waals surface area contributed by atoms with Gasteiger partial charge in [0.05, 0.1) is 31.2 Å². The average Bonchev–Trinajstić information content (AvgIpc) is 2.72. The minimum Gasteiger partial charge on any atom is -0.494 e. The van der Waals surface area contributed by atoms with E-state index < -0.39 is 0 Å². The lowest BCUT2D eigenvalue weighted by molar-refractivity contribution is 0.256. The third-order valence-corrected chi connectivity index (χ3v) is 4.87. The largest absolute Gasteiger partial charge is 0.494 e. The maximum Gasteiger partial charge on any atom is 0.230 e. The Morgan fingerprint density at radius 3 is 2.72 bits per heavy atom. The number of aliphatic imine (C=N–C) groups is 1. The molecular formula is C21H23ClN6O. The van der Waals surface area contributed by atoms with Crippen molar-refractivity contribution in [3.8, 4) is 5.75 Å². The van der Waals surface area contributed by atoms with Crippen LogP contribution in [-0.2, 0) is 6.54 Å². The van der Waals surface area contributed by atoms with Crippen molar-refractivity contribution in [2.45, 2.75) is 20.4 Å². The topological polar surface area (TPSA) is 74.7 Å². The first kappa shape index (κ1) is 19.4. The van der Waals surface area contributed by atoms with Crippen LogP contribution >= 0.6 is 11.6 Å². The first-order valence-electron chi connectivity index (χ1n) is 9.54. The highest BCUT2D eigenvalue weighted by Crippen LogP contribution is 2.23. The zero-order chi connectivity index (χ0) is 20.2. The molecule has 0 aliphatic carbocycles. The van der Waals surface area contributed by atoms with Crippen molar-refractivity contribution < 1.29 is 4.74 Å². The van der Waals surface area contributed by atoms with Gasteiger partial charge in [0, 0.05) is 17.0 Å². The van der Waals surface area contributed by atoms with E-state index in [0.29, 0.717) is 31.9 Å². The van der Waals surface area contributed by atoms with Gasteiger partial charge in [-0.2, -0.15) is 0 Å². The molecule has 0 unspecified atom stereocenters. The Balaban J connectivity index is 1.42. The maximum atomic E-state index is 5.95. The Morgan fingerprint density at radius 2 is 2.00 bits per heavy atom. The highest BCUT2D eigenvalue weighted by molar-refractivity contribution is 6.30. The standard InChI is InChI=1S/C21H23ClN6O/c1-3-29-17-8-9-19-18(10-17)14(2)25-21(26-19)27-20-23-12-28(13-24-20)11-15-4-6-16(22)7-5-15/h4-10H,3,11-13H2,1-2H3,(H2,23,24,25,26,27). The molecule has 150 valence electrons. The van der Waals surface area contributed by atoms with Crippen molar-refractivity contribution in [3.05, 3.63) is 58.7 Å². The second-order valence-electron chi connectivity index (χ2n) is 6.81. The molecule has 3 aromatic rings. The molecule has 7 nitrogen and oxygen atoms in total. The fourth-order valence-electron chi connectivity index (χ4n) is 3.18. The summed E-state index contributed by atoms with van der Waals surface area (Å²) < 4.78 is 5.57. The summed E-state index contributed by atoms with van der Waals surface area (Å²) in [5.74, 6) is 2.02. The number of rotatable bonds is 5. The Bertz CT molecular complexity index is 1040. The van der Waals surface area contributed by atoms with E-state index in [-0.39, 0.29) is 0 Å². The second kappa shape index (κ2) is 8.63. The average molecular weight is 411 g/mol. The molecule has 0 fully saturated rings. The minimum absolute atomic E-state index is 0.525. The van der Waals surface area contributed by atoms with Gasteiger partial charge >= 0.3 is 0 Å². The van der Waals surface area contributed by atoms with Crippen LogP contribution in [0.4, 0.5) is 5.95 Å². The number of nitrogens with zero attached hydrogens (tertiary/aromatic N) is 4. The summed E-state index contributed by atoms with van der Waals surface area (Å²) in [7, 11) is 0. The van der Waals surface area contributed by atoms with Crippen LogP contribution in [0.15, 0.2) is 47.5 Å². The van der Waals surface area contributed by atoms with E-state index in [2.05, 4.69) is 30.5 Å². The van der Waals surface area contributed by atoms with Crippen LogP contribution in [0.3, 0.4) is 0 Å². The third kappa shape index (κ3) is 4.75. The summed E-state index contributed by atoms with van der Waals surface area (Å²) in [4.78, 5) is 15.9. The molecule has 2 N–H and O–H groups in total. The van der Waals surface area contributed by atoms with Crippen LogP contribution in [-0.4, -0.2) is 40.8 Å². The summed E-state index contributed by atoms with van der Waals surface area (Å²) in [6.07, 6.45) is 0. The lowest BCUT2D eigenvalue weighted by atomic mass is 10.2. The molecule has 2 aromatic carbocycles. The fraction of sp³-hybridized carbons (Fsp3) is 0.286. The maximum absolute atomic E-state index is 5.95. The molecule has 4 rings (SSSR count). The number of ether oxygens (including phenoxy) is 1. The number of hydrogen-bond acceptors (Lipinski definition) is 7. The van der Waals surface area contributed by atoms with Crippen molar-refractivity contribution >= 4 is 34.4 Å². The van der Waals surface area contributed by atoms with Gasteiger partial charge in [-0.15, -0.1) is 0 Å². The van der Waals surface area contributed by atoms with Gasteiger partial charge in [0.1, 0.15) is 5.75 Å². The number of halogens is 1. The number of fused-ring (bicyclic) bond motifs is 1. The number of aromatic nitrogens is 2. The predicted molar refractivity (Wildman–Crippen MR) is 116 cm³/mol. The molecule has 8 heteroatoms. The van der Waals surface area contributed by atoms with Crippen LogP contribution in [0, 0.1) is 6.92 Å². The van der Waals surface area contributed by atoms with Crippen molar-refractivity contribution in [2.75, 3.05) is 25.3 Å². The number of aryl methyl sites for hydroxylation is 1. The molecule has 0 spiro atoms. The third-order valence-electron chi connectivity index (χ3n) is 4.62. The second-order valence-corrected chi connectivity index (χ2v) is 7.24. The van der Waals surface area contributed by atoms with Crippen molar-refractivity contribution in [2.24, 2.45) is 4.99 Å². The smallest absolute Gasteiger partial charge is 0.230 e. The highest BCUT2D eigenvalue weighted by Gasteiger charge is 2.14. The van der Waals surface area contributed by atoms with E-state index in [9.17, 15) is 0 Å². The van der Waals surface area contributed by atoms with E-state index in [1.165, 1.54) is 5.56 Å². The van der Waals surface area contributed by atoms with Gasteiger partial charge in [0.25, 0.3) is 0 Å². The van der Waals surface area contributed by atoms with Gasteiger partial charge in [0.2, 0.25) is 11.9 Å². The fourth-order valence-corrected chi connectivity index (χ4v) is 3.31. The molecule has 0 amide bonds. The lowest BCUT2D eigenvalue weighted by Crippen LogP contribution is -2.45. The van der Waals surface area contributed by atoms with Crippen LogP contribution in [0.2, 0.25) is 5.02 Å². The Labute approximate surface area is 174 Å². The van der Waals surface area contributed by atoms with Gasteiger partial charge in [-0.1, -0.05) is 23.7 Å². The molecule has 0 bridgehead atoms. The monoisotopic (exact) mass is 410 g/mol.